The molecular formula is C27H30N2O3S. The van der Waals surface area contributed by atoms with E-state index in [1.54, 1.807) is 28.6 Å². The Hall–Kier alpha value is -2.51. The molecule has 0 aromatic heterocycles. The molecule has 5 nitrogen and oxygen atoms in total. The average Bonchev–Trinajstić information content (AvgIpc) is 3.26. The van der Waals surface area contributed by atoms with Crippen molar-refractivity contribution >= 4 is 10.0 Å². The summed E-state index contributed by atoms with van der Waals surface area (Å²) in [7, 11) is -3.78. The Morgan fingerprint density at radius 2 is 1.33 bits per heavy atom. The molecule has 2 heterocycles. The van der Waals surface area contributed by atoms with E-state index in [0.717, 1.165) is 37.1 Å². The second-order valence-corrected chi connectivity index (χ2v) is 10.7. The smallest absolute Gasteiger partial charge is 0.245 e. The van der Waals surface area contributed by atoms with Crippen molar-refractivity contribution in [3.63, 3.8) is 0 Å². The summed E-state index contributed by atoms with van der Waals surface area (Å²) in [6, 6.07) is 28.2. The molecule has 33 heavy (non-hydrogen) atoms. The number of sulfonamides is 1. The third kappa shape index (κ3) is 4.62. The van der Waals surface area contributed by atoms with Crippen molar-refractivity contribution in [1.82, 2.24) is 9.62 Å². The van der Waals surface area contributed by atoms with Crippen molar-refractivity contribution in [2.45, 2.75) is 42.5 Å². The molecule has 0 bridgehead atoms. The van der Waals surface area contributed by atoms with Crippen LogP contribution >= 0.6 is 0 Å². The summed E-state index contributed by atoms with van der Waals surface area (Å²) >= 11 is 0. The minimum absolute atomic E-state index is 0.304. The molecule has 0 radical (unpaired) electrons. The molecule has 172 valence electrons. The van der Waals surface area contributed by atoms with Gasteiger partial charge in [-0.1, -0.05) is 78.9 Å². The highest BCUT2D eigenvalue weighted by Crippen LogP contribution is 2.49. The van der Waals surface area contributed by atoms with Crippen molar-refractivity contribution in [2.75, 3.05) is 13.1 Å². The third-order valence-corrected chi connectivity index (χ3v) is 8.62. The zero-order valence-corrected chi connectivity index (χ0v) is 19.4. The van der Waals surface area contributed by atoms with Crippen LogP contribution in [-0.4, -0.2) is 32.0 Å². The molecule has 2 saturated heterocycles. The van der Waals surface area contributed by atoms with E-state index in [4.69, 9.17) is 4.74 Å². The Kier molecular flexibility index (Phi) is 6.60. The van der Waals surface area contributed by atoms with Gasteiger partial charge < -0.3 is 10.1 Å². The summed E-state index contributed by atoms with van der Waals surface area (Å²) in [5.74, 6) is 0.427. The van der Waals surface area contributed by atoms with Crippen LogP contribution < -0.4 is 5.32 Å². The number of hydrogen-bond acceptors (Lipinski definition) is 4. The standard InChI is InChI=1S/C27H30N2O3S/c30-33(31,24-14-8-3-9-15-24)29-25(20-21-16-18-28-19-17-21)32-27(23-12-6-2-7-13-23)26(29)22-10-4-1-5-11-22/h1-15,21,25-28H,16-20H2/t25-,26-,27+/m0/s1. The maximum absolute atomic E-state index is 14.1. The monoisotopic (exact) mass is 462 g/mol. The predicted molar refractivity (Wildman–Crippen MR) is 129 cm³/mol. The molecule has 0 saturated carbocycles. The van der Waals surface area contributed by atoms with Gasteiger partial charge in [-0.3, -0.25) is 0 Å². The number of nitrogens with zero attached hydrogens (tertiary/aromatic N) is 1. The fourth-order valence-electron chi connectivity index (χ4n) is 5.07. The van der Waals surface area contributed by atoms with Crippen LogP contribution in [0.4, 0.5) is 0 Å². The van der Waals surface area contributed by atoms with Gasteiger partial charge in [0.25, 0.3) is 0 Å². The minimum Gasteiger partial charge on any atom is -0.352 e. The first-order chi connectivity index (χ1) is 16.1. The molecule has 3 aromatic carbocycles. The Morgan fingerprint density at radius 3 is 1.94 bits per heavy atom. The van der Waals surface area contributed by atoms with Crippen molar-refractivity contribution in [3.05, 3.63) is 102 Å². The summed E-state index contributed by atoms with van der Waals surface area (Å²) in [5.41, 5.74) is 1.94. The first kappa shape index (κ1) is 22.3. The Bertz CT molecular complexity index is 1130. The number of hydrogen-bond donors (Lipinski definition) is 1. The first-order valence-corrected chi connectivity index (χ1v) is 13.1. The van der Waals surface area contributed by atoms with E-state index in [9.17, 15) is 8.42 Å². The van der Waals surface area contributed by atoms with Gasteiger partial charge in [-0.05, 0) is 61.5 Å². The summed E-state index contributed by atoms with van der Waals surface area (Å²) < 4.78 is 36.5. The van der Waals surface area contributed by atoms with Gasteiger partial charge in [0.15, 0.2) is 0 Å². The van der Waals surface area contributed by atoms with Gasteiger partial charge in [0.2, 0.25) is 10.0 Å². The molecule has 2 aliphatic rings. The van der Waals surface area contributed by atoms with Gasteiger partial charge in [-0.15, -0.1) is 0 Å². The highest BCUT2D eigenvalue weighted by Gasteiger charge is 2.50. The zero-order chi connectivity index (χ0) is 22.7. The van der Waals surface area contributed by atoms with Crippen LogP contribution in [0.2, 0.25) is 0 Å². The van der Waals surface area contributed by atoms with E-state index in [-0.39, 0.29) is 6.10 Å². The van der Waals surface area contributed by atoms with Crippen LogP contribution in [-0.2, 0) is 14.8 Å². The minimum atomic E-state index is -3.78. The highest BCUT2D eigenvalue weighted by atomic mass is 32.2. The van der Waals surface area contributed by atoms with E-state index in [1.807, 2.05) is 66.7 Å². The van der Waals surface area contributed by atoms with E-state index in [1.165, 1.54) is 0 Å². The van der Waals surface area contributed by atoms with Crippen molar-refractivity contribution in [2.24, 2.45) is 5.92 Å². The third-order valence-electron chi connectivity index (χ3n) is 6.73. The van der Waals surface area contributed by atoms with Gasteiger partial charge in [0.1, 0.15) is 12.3 Å². The van der Waals surface area contributed by atoms with E-state index in [2.05, 4.69) is 5.32 Å². The molecule has 0 spiro atoms. The van der Waals surface area contributed by atoms with Gasteiger partial charge in [0, 0.05) is 0 Å². The number of nitrogens with one attached hydrogen (secondary N) is 1. The number of benzene rings is 3. The van der Waals surface area contributed by atoms with Gasteiger partial charge in [-0.25, -0.2) is 8.42 Å². The first-order valence-electron chi connectivity index (χ1n) is 11.7. The predicted octanol–water partition coefficient (Wildman–Crippen LogP) is 4.91. The molecule has 0 unspecified atom stereocenters. The Labute approximate surface area is 196 Å². The number of ether oxygens (including phenoxy) is 1. The average molecular weight is 463 g/mol. The van der Waals surface area contributed by atoms with Crippen LogP contribution in [0.3, 0.4) is 0 Å². The number of piperidine rings is 1. The topological polar surface area (TPSA) is 58.6 Å². The highest BCUT2D eigenvalue weighted by molar-refractivity contribution is 7.89. The van der Waals surface area contributed by atoms with Gasteiger partial charge in [0.05, 0.1) is 10.9 Å². The van der Waals surface area contributed by atoms with Gasteiger partial charge >= 0.3 is 0 Å². The maximum atomic E-state index is 14.1. The SMILES string of the molecule is O=S(=O)(c1ccccc1)N1[C@H](CC2CCNCC2)O[C@H](c2ccccc2)[C@@H]1c1ccccc1. The molecule has 5 rings (SSSR count). The van der Waals surface area contributed by atoms with Gasteiger partial charge in [-0.2, -0.15) is 4.31 Å². The molecule has 0 amide bonds. The zero-order valence-electron chi connectivity index (χ0n) is 18.6. The normalized spacial score (nSPS) is 24.7. The summed E-state index contributed by atoms with van der Waals surface area (Å²) in [5, 5.41) is 3.40. The molecule has 3 atom stereocenters. The van der Waals surface area contributed by atoms with Crippen molar-refractivity contribution < 1.29 is 13.2 Å². The van der Waals surface area contributed by atoms with Crippen LogP contribution in [0.15, 0.2) is 95.9 Å². The van der Waals surface area contributed by atoms with Crippen LogP contribution in [0.5, 0.6) is 0 Å². The molecule has 3 aromatic rings. The second-order valence-electron chi connectivity index (χ2n) is 8.85. The molecule has 6 heteroatoms. The molecule has 1 N–H and O–H groups in total. The van der Waals surface area contributed by atoms with Crippen LogP contribution in [0.25, 0.3) is 0 Å². The molecular weight excluding hydrogens is 432 g/mol. The van der Waals surface area contributed by atoms with E-state index >= 15 is 0 Å². The molecule has 2 fully saturated rings. The van der Waals surface area contributed by atoms with Crippen molar-refractivity contribution in [1.29, 1.82) is 0 Å². The quantitative estimate of drug-likeness (QED) is 0.566. The lowest BCUT2D eigenvalue weighted by atomic mass is 9.93. The lowest BCUT2D eigenvalue weighted by molar-refractivity contribution is 0.00219. The van der Waals surface area contributed by atoms with E-state index in [0.29, 0.717) is 17.2 Å². The second kappa shape index (κ2) is 9.77. The largest absolute Gasteiger partial charge is 0.352 e. The fourth-order valence-corrected chi connectivity index (χ4v) is 6.79. The summed E-state index contributed by atoms with van der Waals surface area (Å²) in [6.45, 7) is 1.93. The summed E-state index contributed by atoms with van der Waals surface area (Å²) in [6.07, 6.45) is 1.86. The number of rotatable bonds is 6. The van der Waals surface area contributed by atoms with Crippen LogP contribution in [0.1, 0.15) is 42.5 Å². The Balaban J connectivity index is 1.61. The van der Waals surface area contributed by atoms with Crippen LogP contribution in [0, 0.1) is 5.92 Å². The summed E-state index contributed by atoms with van der Waals surface area (Å²) in [4.78, 5) is 0.304. The Morgan fingerprint density at radius 1 is 0.788 bits per heavy atom. The molecule has 0 aliphatic carbocycles. The van der Waals surface area contributed by atoms with E-state index < -0.39 is 22.3 Å². The lowest BCUT2D eigenvalue weighted by Gasteiger charge is -2.31. The lowest BCUT2D eigenvalue weighted by Crippen LogP contribution is -2.40. The van der Waals surface area contributed by atoms with Crippen molar-refractivity contribution in [3.8, 4) is 0 Å². The maximum Gasteiger partial charge on any atom is 0.245 e. The fraction of sp³-hybridized carbons (Fsp3) is 0.333. The molecule has 2 aliphatic heterocycles.